The number of carbonyl (C=O) groups excluding carboxylic acids is 3. The Morgan fingerprint density at radius 3 is 2.44 bits per heavy atom. The van der Waals surface area contributed by atoms with Gasteiger partial charge in [-0.15, -0.1) is 11.8 Å². The number of fused-ring (bicyclic) bond motifs is 1. The molecule has 3 N–H and O–H groups in total. The lowest BCUT2D eigenvalue weighted by molar-refractivity contribution is -0.123. The van der Waals surface area contributed by atoms with Gasteiger partial charge in [-0.25, -0.2) is 17.9 Å². The Morgan fingerprint density at radius 1 is 1.09 bits per heavy atom. The monoisotopic (exact) mass is 477 g/mol. The summed E-state index contributed by atoms with van der Waals surface area (Å²) in [5.74, 6) is -1.12. The van der Waals surface area contributed by atoms with Gasteiger partial charge in [-0.05, 0) is 63.2 Å². The van der Waals surface area contributed by atoms with Crippen molar-refractivity contribution in [1.29, 1.82) is 0 Å². The number of nitrogens with one attached hydrogen (secondary N) is 3. The highest BCUT2D eigenvalue weighted by Gasteiger charge is 2.22. The first kappa shape index (κ1) is 23.8. The molecule has 170 valence electrons. The molecule has 3 rings (SSSR count). The van der Waals surface area contributed by atoms with Crippen molar-refractivity contribution in [2.24, 2.45) is 0 Å². The van der Waals surface area contributed by atoms with E-state index in [0.717, 1.165) is 4.90 Å². The van der Waals surface area contributed by atoms with E-state index in [4.69, 9.17) is 4.74 Å². The van der Waals surface area contributed by atoms with Crippen molar-refractivity contribution in [3.8, 4) is 0 Å². The third-order valence-corrected chi connectivity index (χ3v) is 7.07. The molecule has 1 heterocycles. The van der Waals surface area contributed by atoms with Gasteiger partial charge in [-0.1, -0.05) is 0 Å². The summed E-state index contributed by atoms with van der Waals surface area (Å²) < 4.78 is 32.0. The van der Waals surface area contributed by atoms with Gasteiger partial charge in [0.2, 0.25) is 15.9 Å². The zero-order valence-corrected chi connectivity index (χ0v) is 19.3. The lowest BCUT2D eigenvalue weighted by Crippen LogP contribution is -2.31. The van der Waals surface area contributed by atoms with Crippen LogP contribution in [0.2, 0.25) is 0 Å². The van der Waals surface area contributed by atoms with E-state index in [-0.39, 0.29) is 22.4 Å². The van der Waals surface area contributed by atoms with E-state index in [9.17, 15) is 22.8 Å². The number of ether oxygens (including phenoxy) is 1. The molecular weight excluding hydrogens is 454 g/mol. The fraction of sp³-hybridized carbons (Fsp3) is 0.286. The molecule has 32 heavy (non-hydrogen) atoms. The number of rotatable bonds is 7. The van der Waals surface area contributed by atoms with Gasteiger partial charge in [-0.3, -0.25) is 9.59 Å². The molecule has 0 aliphatic carbocycles. The summed E-state index contributed by atoms with van der Waals surface area (Å²) in [7, 11) is -3.64. The fourth-order valence-corrected chi connectivity index (χ4v) is 4.87. The number of amides is 2. The standard InChI is InChI=1S/C21H23N3O6S2/c1-12(2)24-32(28,29)16-7-5-15(6-8-16)22-20(26)13(3)30-21(27)14-4-9-18-17(10-14)23-19(25)11-31-18/h4-10,12-13,24H,11H2,1-3H3,(H,22,26)(H,23,25). The smallest absolute Gasteiger partial charge is 0.338 e. The van der Waals surface area contributed by atoms with Crippen molar-refractivity contribution in [2.75, 3.05) is 16.4 Å². The highest BCUT2D eigenvalue weighted by molar-refractivity contribution is 8.00. The summed E-state index contributed by atoms with van der Waals surface area (Å²) >= 11 is 1.37. The lowest BCUT2D eigenvalue weighted by Gasteiger charge is -2.18. The highest BCUT2D eigenvalue weighted by Crippen LogP contribution is 2.32. The SMILES string of the molecule is CC(C)NS(=O)(=O)c1ccc(NC(=O)C(C)OC(=O)c2ccc3c(c2)NC(=O)CS3)cc1. The number of anilines is 2. The molecule has 0 bridgehead atoms. The quantitative estimate of drug-likeness (QED) is 0.523. The van der Waals surface area contributed by atoms with Crippen molar-refractivity contribution < 1.29 is 27.5 Å². The Labute approximate surface area is 190 Å². The van der Waals surface area contributed by atoms with E-state index in [2.05, 4.69) is 15.4 Å². The Morgan fingerprint density at radius 2 is 1.78 bits per heavy atom. The van der Waals surface area contributed by atoms with Gasteiger partial charge in [0.05, 0.1) is 21.9 Å². The average molecular weight is 478 g/mol. The van der Waals surface area contributed by atoms with Crippen LogP contribution in [0.3, 0.4) is 0 Å². The van der Waals surface area contributed by atoms with E-state index in [1.54, 1.807) is 26.0 Å². The van der Waals surface area contributed by atoms with E-state index in [1.165, 1.54) is 49.0 Å². The van der Waals surface area contributed by atoms with E-state index >= 15 is 0 Å². The maximum absolute atomic E-state index is 12.4. The van der Waals surface area contributed by atoms with Crippen LogP contribution in [0.25, 0.3) is 0 Å². The predicted molar refractivity (Wildman–Crippen MR) is 121 cm³/mol. The number of benzene rings is 2. The molecule has 2 aromatic rings. The summed E-state index contributed by atoms with van der Waals surface area (Å²) in [6, 6.07) is 10.2. The van der Waals surface area contributed by atoms with E-state index in [1.807, 2.05) is 0 Å². The second-order valence-corrected chi connectivity index (χ2v) is 10.1. The molecule has 2 aromatic carbocycles. The van der Waals surface area contributed by atoms with Crippen LogP contribution in [0.4, 0.5) is 11.4 Å². The van der Waals surface area contributed by atoms with E-state index < -0.39 is 28.0 Å². The molecule has 1 aliphatic rings. The number of hydrogen-bond acceptors (Lipinski definition) is 7. The molecule has 0 spiro atoms. The van der Waals surface area contributed by atoms with Crippen molar-refractivity contribution in [3.05, 3.63) is 48.0 Å². The molecule has 0 radical (unpaired) electrons. The third kappa shape index (κ3) is 5.87. The average Bonchev–Trinajstić information content (AvgIpc) is 2.72. The van der Waals surface area contributed by atoms with Crippen LogP contribution in [0, 0.1) is 0 Å². The molecule has 2 amide bonds. The fourth-order valence-electron chi connectivity index (χ4n) is 2.83. The lowest BCUT2D eigenvalue weighted by atomic mass is 10.2. The molecule has 1 unspecified atom stereocenters. The van der Waals surface area contributed by atoms with Crippen molar-refractivity contribution in [3.63, 3.8) is 0 Å². The van der Waals surface area contributed by atoms with Crippen molar-refractivity contribution in [1.82, 2.24) is 4.72 Å². The summed E-state index contributed by atoms with van der Waals surface area (Å²) in [6.07, 6.45) is -1.10. The number of thioether (sulfide) groups is 1. The van der Waals surface area contributed by atoms with Crippen molar-refractivity contribution in [2.45, 2.75) is 42.7 Å². The Hall–Kier alpha value is -2.89. The first-order valence-electron chi connectivity index (χ1n) is 9.76. The summed E-state index contributed by atoms with van der Waals surface area (Å²) in [5, 5.41) is 5.28. The van der Waals surface area contributed by atoms with Crippen LogP contribution in [-0.4, -0.2) is 44.1 Å². The molecule has 11 heteroatoms. The topological polar surface area (TPSA) is 131 Å². The number of hydrogen-bond donors (Lipinski definition) is 3. The minimum absolute atomic E-state index is 0.0707. The largest absolute Gasteiger partial charge is 0.449 e. The van der Waals surface area contributed by atoms with Gasteiger partial charge in [0.15, 0.2) is 6.10 Å². The molecule has 9 nitrogen and oxygen atoms in total. The number of sulfonamides is 1. The third-order valence-electron chi connectivity index (χ3n) is 4.32. The zero-order valence-electron chi connectivity index (χ0n) is 17.7. The second kappa shape index (κ2) is 9.72. The van der Waals surface area contributed by atoms with Gasteiger partial charge in [0, 0.05) is 16.6 Å². The molecular formula is C21H23N3O6S2. The summed E-state index contributed by atoms with van der Waals surface area (Å²) in [5.41, 5.74) is 1.09. The number of carbonyl (C=O) groups is 3. The molecule has 0 aromatic heterocycles. The molecule has 0 fully saturated rings. The molecule has 1 atom stereocenters. The highest BCUT2D eigenvalue weighted by atomic mass is 32.2. The van der Waals surface area contributed by atoms with Gasteiger partial charge >= 0.3 is 5.97 Å². The van der Waals surface area contributed by atoms with Crippen LogP contribution in [0.15, 0.2) is 52.3 Å². The van der Waals surface area contributed by atoms with Crippen LogP contribution in [-0.2, 0) is 24.3 Å². The molecule has 1 aliphatic heterocycles. The minimum atomic E-state index is -3.64. The van der Waals surface area contributed by atoms with Gasteiger partial charge in [0.1, 0.15) is 0 Å². The molecule has 0 saturated heterocycles. The Kier molecular flexibility index (Phi) is 7.22. The predicted octanol–water partition coefficient (Wildman–Crippen LogP) is 2.60. The van der Waals surface area contributed by atoms with Crippen LogP contribution < -0.4 is 15.4 Å². The minimum Gasteiger partial charge on any atom is -0.449 e. The van der Waals surface area contributed by atoms with Crippen molar-refractivity contribution >= 4 is 50.9 Å². The van der Waals surface area contributed by atoms with Gasteiger partial charge < -0.3 is 15.4 Å². The van der Waals surface area contributed by atoms with Gasteiger partial charge in [0.25, 0.3) is 5.91 Å². The van der Waals surface area contributed by atoms with Crippen LogP contribution in [0.5, 0.6) is 0 Å². The normalized spacial score (nSPS) is 14.3. The van der Waals surface area contributed by atoms with Crippen LogP contribution >= 0.6 is 11.8 Å². The van der Waals surface area contributed by atoms with Crippen LogP contribution in [0.1, 0.15) is 31.1 Å². The Balaban J connectivity index is 1.61. The maximum Gasteiger partial charge on any atom is 0.338 e. The second-order valence-electron chi connectivity index (χ2n) is 7.38. The summed E-state index contributed by atoms with van der Waals surface area (Å²) in [6.45, 7) is 4.86. The van der Waals surface area contributed by atoms with Gasteiger partial charge in [-0.2, -0.15) is 0 Å². The number of esters is 1. The van der Waals surface area contributed by atoms with E-state index in [0.29, 0.717) is 17.1 Å². The molecule has 0 saturated carbocycles. The Bertz CT molecular complexity index is 1150. The first-order chi connectivity index (χ1) is 15.0. The summed E-state index contributed by atoms with van der Waals surface area (Å²) in [4.78, 5) is 37.3. The maximum atomic E-state index is 12.4. The zero-order chi connectivity index (χ0) is 23.5. The first-order valence-corrected chi connectivity index (χ1v) is 12.2.